The van der Waals surface area contributed by atoms with Gasteiger partial charge in [0, 0.05) is 12.7 Å². The van der Waals surface area contributed by atoms with E-state index in [1.165, 1.54) is 5.56 Å². The Morgan fingerprint density at radius 2 is 2.40 bits per heavy atom. The van der Waals surface area contributed by atoms with Crippen molar-refractivity contribution in [2.24, 2.45) is 0 Å². The first kappa shape index (κ1) is 9.69. The van der Waals surface area contributed by atoms with Crippen molar-refractivity contribution in [3.8, 4) is 6.07 Å². The van der Waals surface area contributed by atoms with Crippen LogP contribution < -0.4 is 5.32 Å². The van der Waals surface area contributed by atoms with Gasteiger partial charge in [-0.1, -0.05) is 0 Å². The second-order valence-electron chi connectivity index (χ2n) is 3.00. The second-order valence-corrected chi connectivity index (χ2v) is 3.78. The summed E-state index contributed by atoms with van der Waals surface area (Å²) in [4.78, 5) is 4.12. The standard InChI is InChI=1S/C11H9N3S/c12-6-10-2-1-4-13-11(10)14-7-9-3-5-15-8-9/h1-5,8H,7H2,(H,13,14). The zero-order valence-electron chi connectivity index (χ0n) is 7.97. The maximum atomic E-state index is 8.85. The molecule has 15 heavy (non-hydrogen) atoms. The molecule has 0 saturated heterocycles. The number of rotatable bonds is 3. The maximum absolute atomic E-state index is 8.85. The average molecular weight is 215 g/mol. The van der Waals surface area contributed by atoms with Crippen molar-refractivity contribution in [3.63, 3.8) is 0 Å². The highest BCUT2D eigenvalue weighted by atomic mass is 32.1. The first-order chi connectivity index (χ1) is 7.40. The van der Waals surface area contributed by atoms with Crippen LogP contribution in [-0.4, -0.2) is 4.98 Å². The highest BCUT2D eigenvalue weighted by molar-refractivity contribution is 7.07. The monoisotopic (exact) mass is 215 g/mol. The van der Waals surface area contributed by atoms with Crippen LogP contribution in [0, 0.1) is 11.3 Å². The van der Waals surface area contributed by atoms with E-state index in [9.17, 15) is 0 Å². The van der Waals surface area contributed by atoms with Gasteiger partial charge in [-0.3, -0.25) is 0 Å². The zero-order chi connectivity index (χ0) is 10.5. The number of nitriles is 1. The van der Waals surface area contributed by atoms with Gasteiger partial charge >= 0.3 is 0 Å². The number of hydrogen-bond acceptors (Lipinski definition) is 4. The van der Waals surface area contributed by atoms with E-state index in [-0.39, 0.29) is 0 Å². The zero-order valence-corrected chi connectivity index (χ0v) is 8.79. The molecule has 0 aliphatic heterocycles. The van der Waals surface area contributed by atoms with Crippen molar-refractivity contribution >= 4 is 17.2 Å². The number of anilines is 1. The molecule has 0 fully saturated rings. The van der Waals surface area contributed by atoms with E-state index in [1.807, 2.05) is 11.4 Å². The molecule has 0 aliphatic rings. The van der Waals surface area contributed by atoms with Crippen LogP contribution in [0.5, 0.6) is 0 Å². The van der Waals surface area contributed by atoms with Crippen molar-refractivity contribution in [2.75, 3.05) is 5.32 Å². The molecule has 2 rings (SSSR count). The minimum atomic E-state index is 0.577. The summed E-state index contributed by atoms with van der Waals surface area (Å²) in [6.07, 6.45) is 1.68. The van der Waals surface area contributed by atoms with Crippen LogP contribution in [0.4, 0.5) is 5.82 Å². The summed E-state index contributed by atoms with van der Waals surface area (Å²) < 4.78 is 0. The fourth-order valence-corrected chi connectivity index (χ4v) is 1.88. The smallest absolute Gasteiger partial charge is 0.144 e. The molecule has 2 heterocycles. The number of nitrogens with zero attached hydrogens (tertiary/aromatic N) is 2. The molecule has 0 bridgehead atoms. The van der Waals surface area contributed by atoms with E-state index < -0.39 is 0 Å². The van der Waals surface area contributed by atoms with Crippen molar-refractivity contribution in [2.45, 2.75) is 6.54 Å². The van der Waals surface area contributed by atoms with E-state index >= 15 is 0 Å². The quantitative estimate of drug-likeness (QED) is 0.856. The van der Waals surface area contributed by atoms with E-state index in [1.54, 1.807) is 29.7 Å². The van der Waals surface area contributed by atoms with Gasteiger partial charge in [0.25, 0.3) is 0 Å². The lowest BCUT2D eigenvalue weighted by Crippen LogP contribution is -2.02. The van der Waals surface area contributed by atoms with E-state index in [0.717, 1.165) is 0 Å². The van der Waals surface area contributed by atoms with Crippen molar-refractivity contribution in [3.05, 3.63) is 46.3 Å². The summed E-state index contributed by atoms with van der Waals surface area (Å²) in [7, 11) is 0. The normalized spacial score (nSPS) is 9.53. The Morgan fingerprint density at radius 3 is 3.13 bits per heavy atom. The van der Waals surface area contributed by atoms with Crippen LogP contribution in [0.15, 0.2) is 35.2 Å². The fraction of sp³-hybridized carbons (Fsp3) is 0.0909. The van der Waals surface area contributed by atoms with Gasteiger partial charge in [-0.15, -0.1) is 0 Å². The van der Waals surface area contributed by atoms with E-state index in [0.29, 0.717) is 17.9 Å². The number of hydrogen-bond donors (Lipinski definition) is 1. The Labute approximate surface area is 92.0 Å². The minimum Gasteiger partial charge on any atom is -0.365 e. The summed E-state index contributed by atoms with van der Waals surface area (Å²) in [6, 6.07) is 7.66. The third kappa shape index (κ3) is 2.33. The molecule has 3 nitrogen and oxygen atoms in total. The second kappa shape index (κ2) is 4.58. The van der Waals surface area contributed by atoms with E-state index in [4.69, 9.17) is 5.26 Å². The predicted molar refractivity (Wildman–Crippen MR) is 60.6 cm³/mol. The highest BCUT2D eigenvalue weighted by Crippen LogP contribution is 2.12. The van der Waals surface area contributed by atoms with Gasteiger partial charge in [-0.25, -0.2) is 4.98 Å². The van der Waals surface area contributed by atoms with Crippen LogP contribution in [0.2, 0.25) is 0 Å². The molecule has 2 aromatic rings. The van der Waals surface area contributed by atoms with Gasteiger partial charge in [0.2, 0.25) is 0 Å². The van der Waals surface area contributed by atoms with Gasteiger partial charge in [0.1, 0.15) is 11.9 Å². The van der Waals surface area contributed by atoms with Gasteiger partial charge in [0.15, 0.2) is 0 Å². The molecule has 0 unspecified atom stereocenters. The number of thiophene rings is 1. The summed E-state index contributed by atoms with van der Waals surface area (Å²) in [5, 5.41) is 16.1. The summed E-state index contributed by atoms with van der Waals surface area (Å²) in [6.45, 7) is 0.704. The topological polar surface area (TPSA) is 48.7 Å². The lowest BCUT2D eigenvalue weighted by atomic mass is 10.2. The van der Waals surface area contributed by atoms with E-state index in [2.05, 4.69) is 21.8 Å². The average Bonchev–Trinajstić information content (AvgIpc) is 2.79. The number of aromatic nitrogens is 1. The first-order valence-electron chi connectivity index (χ1n) is 4.50. The summed E-state index contributed by atoms with van der Waals surface area (Å²) >= 11 is 1.66. The van der Waals surface area contributed by atoms with Crippen LogP contribution >= 0.6 is 11.3 Å². The molecule has 0 radical (unpaired) electrons. The fourth-order valence-electron chi connectivity index (χ4n) is 1.22. The van der Waals surface area contributed by atoms with Crippen LogP contribution in [0.3, 0.4) is 0 Å². The lowest BCUT2D eigenvalue weighted by molar-refractivity contribution is 1.11. The summed E-state index contributed by atoms with van der Waals surface area (Å²) in [5.74, 6) is 0.645. The molecule has 0 aliphatic carbocycles. The predicted octanol–water partition coefficient (Wildman–Crippen LogP) is 2.63. The summed E-state index contributed by atoms with van der Waals surface area (Å²) in [5.41, 5.74) is 1.78. The number of nitrogens with one attached hydrogen (secondary N) is 1. The molecule has 2 aromatic heterocycles. The Bertz CT molecular complexity index is 471. The first-order valence-corrected chi connectivity index (χ1v) is 5.44. The molecular weight excluding hydrogens is 206 g/mol. The van der Waals surface area contributed by atoms with Crippen LogP contribution in [0.1, 0.15) is 11.1 Å². The Hall–Kier alpha value is -1.86. The maximum Gasteiger partial charge on any atom is 0.144 e. The molecule has 0 spiro atoms. The Kier molecular flexibility index (Phi) is 2.96. The molecule has 0 atom stereocenters. The lowest BCUT2D eigenvalue weighted by Gasteiger charge is -2.04. The molecule has 0 aromatic carbocycles. The van der Waals surface area contributed by atoms with Crippen LogP contribution in [-0.2, 0) is 6.54 Å². The number of pyridine rings is 1. The third-order valence-electron chi connectivity index (χ3n) is 1.97. The van der Waals surface area contributed by atoms with Gasteiger partial charge in [-0.2, -0.15) is 16.6 Å². The Balaban J connectivity index is 2.08. The van der Waals surface area contributed by atoms with Crippen molar-refractivity contribution in [1.82, 2.24) is 4.98 Å². The van der Waals surface area contributed by atoms with Crippen molar-refractivity contribution in [1.29, 1.82) is 5.26 Å². The molecule has 0 amide bonds. The Morgan fingerprint density at radius 1 is 1.47 bits per heavy atom. The molecule has 4 heteroatoms. The molecule has 0 saturated carbocycles. The SMILES string of the molecule is N#Cc1cccnc1NCc1ccsc1. The van der Waals surface area contributed by atoms with Gasteiger partial charge in [-0.05, 0) is 34.5 Å². The van der Waals surface area contributed by atoms with Crippen molar-refractivity contribution < 1.29 is 0 Å². The minimum absolute atomic E-state index is 0.577. The largest absolute Gasteiger partial charge is 0.365 e. The van der Waals surface area contributed by atoms with Gasteiger partial charge < -0.3 is 5.32 Å². The molecular formula is C11H9N3S. The third-order valence-corrected chi connectivity index (χ3v) is 2.70. The van der Waals surface area contributed by atoms with Gasteiger partial charge in [0.05, 0.1) is 5.56 Å². The van der Waals surface area contributed by atoms with Crippen LogP contribution in [0.25, 0.3) is 0 Å². The highest BCUT2D eigenvalue weighted by Gasteiger charge is 2.01. The molecule has 1 N–H and O–H groups in total. The molecule has 74 valence electrons.